The van der Waals surface area contributed by atoms with Crippen LogP contribution in [0.4, 0.5) is 0 Å². The summed E-state index contributed by atoms with van der Waals surface area (Å²) in [5.41, 5.74) is 6.38. The summed E-state index contributed by atoms with van der Waals surface area (Å²) in [5, 5.41) is 1.74. The van der Waals surface area contributed by atoms with Crippen molar-refractivity contribution in [2.45, 2.75) is 40.0 Å². The van der Waals surface area contributed by atoms with Gasteiger partial charge >= 0.3 is 0 Å². The zero-order valence-corrected chi connectivity index (χ0v) is 15.7. The van der Waals surface area contributed by atoms with E-state index < -0.39 is 0 Å². The first kappa shape index (κ1) is 17.6. The molecule has 0 aromatic rings. The Balaban J connectivity index is 3.21. The molecule has 0 bridgehead atoms. The third-order valence-corrected chi connectivity index (χ3v) is 4.72. The van der Waals surface area contributed by atoms with Gasteiger partial charge in [-0.3, -0.25) is 4.99 Å². The van der Waals surface area contributed by atoms with Gasteiger partial charge in [-0.1, -0.05) is 63.1 Å². The minimum Gasteiger partial charge on any atom is -0.253 e. The number of allylic oxidation sites excluding steroid dienone is 7. The molecule has 1 aliphatic heterocycles. The van der Waals surface area contributed by atoms with Crippen molar-refractivity contribution >= 4 is 37.6 Å². The van der Waals surface area contributed by atoms with Crippen molar-refractivity contribution in [2.24, 2.45) is 4.99 Å². The highest BCUT2D eigenvalue weighted by Gasteiger charge is 2.16. The Kier molecular flexibility index (Phi) is 8.39. The smallest absolute Gasteiger partial charge is 0.0699 e. The fourth-order valence-corrected chi connectivity index (χ4v) is 3.31. The van der Waals surface area contributed by atoms with E-state index in [1.165, 1.54) is 22.4 Å². The molecule has 0 radical (unpaired) electrons. The van der Waals surface area contributed by atoms with E-state index in [4.69, 9.17) is 4.99 Å². The van der Waals surface area contributed by atoms with E-state index in [0.717, 1.165) is 35.6 Å². The lowest BCUT2D eigenvalue weighted by atomic mass is 9.95. The lowest BCUT2D eigenvalue weighted by molar-refractivity contribution is 1.01. The van der Waals surface area contributed by atoms with Crippen LogP contribution in [-0.2, 0) is 0 Å². The summed E-state index contributed by atoms with van der Waals surface area (Å²) in [6, 6.07) is 0. The Morgan fingerprint density at radius 3 is 2.55 bits per heavy atom. The van der Waals surface area contributed by atoms with Crippen LogP contribution in [0.15, 0.2) is 51.7 Å². The third-order valence-electron chi connectivity index (χ3n) is 3.44. The monoisotopic (exact) mass is 399 g/mol. The van der Waals surface area contributed by atoms with Gasteiger partial charge in [0.25, 0.3) is 0 Å². The van der Waals surface area contributed by atoms with Crippen molar-refractivity contribution in [3.05, 3.63) is 46.7 Å². The number of nitrogens with zero attached hydrogens (tertiary/aromatic N) is 1. The summed E-state index contributed by atoms with van der Waals surface area (Å²) >= 11 is 7.17. The Labute approximate surface area is 139 Å². The number of aliphatic imine (C=N–C) groups is 1. The Morgan fingerprint density at radius 1 is 1.30 bits per heavy atom. The Morgan fingerprint density at radius 2 is 2.05 bits per heavy atom. The summed E-state index contributed by atoms with van der Waals surface area (Å²) in [4.78, 5) is 4.97. The summed E-state index contributed by atoms with van der Waals surface area (Å²) in [5.74, 6) is 0. The van der Waals surface area contributed by atoms with Gasteiger partial charge in [-0.2, -0.15) is 0 Å². The molecule has 0 N–H and O–H groups in total. The van der Waals surface area contributed by atoms with Gasteiger partial charge in [0, 0.05) is 22.8 Å². The van der Waals surface area contributed by atoms with Crippen LogP contribution in [0.25, 0.3) is 0 Å². The maximum Gasteiger partial charge on any atom is 0.0699 e. The topological polar surface area (TPSA) is 12.4 Å². The zero-order chi connectivity index (χ0) is 15.0. The van der Waals surface area contributed by atoms with Gasteiger partial charge in [0.2, 0.25) is 0 Å². The van der Waals surface area contributed by atoms with Gasteiger partial charge in [0.15, 0.2) is 0 Å². The van der Waals surface area contributed by atoms with Crippen molar-refractivity contribution in [2.75, 3.05) is 10.7 Å². The van der Waals surface area contributed by atoms with Crippen LogP contribution in [-0.4, -0.2) is 16.4 Å². The molecule has 0 spiro atoms. The van der Waals surface area contributed by atoms with Crippen LogP contribution in [0.3, 0.4) is 0 Å². The van der Waals surface area contributed by atoms with E-state index >= 15 is 0 Å². The number of dihydropyridines is 1. The van der Waals surface area contributed by atoms with Crippen molar-refractivity contribution in [3.8, 4) is 0 Å². The van der Waals surface area contributed by atoms with Crippen molar-refractivity contribution < 1.29 is 0 Å². The average molecular weight is 401 g/mol. The predicted octanol–water partition coefficient (Wildman–Crippen LogP) is 6.12. The number of hydrogen-bond donors (Lipinski definition) is 0. The minimum atomic E-state index is 0.853. The summed E-state index contributed by atoms with van der Waals surface area (Å²) < 4.78 is 0. The molecule has 0 saturated carbocycles. The van der Waals surface area contributed by atoms with Gasteiger partial charge in [-0.05, 0) is 43.4 Å². The van der Waals surface area contributed by atoms with E-state index in [-0.39, 0.29) is 0 Å². The molecule has 110 valence electrons. The zero-order valence-electron chi connectivity index (χ0n) is 12.5. The molecule has 0 saturated heterocycles. The second-order valence-corrected chi connectivity index (χ2v) is 5.77. The number of rotatable bonds is 6. The van der Waals surface area contributed by atoms with E-state index in [1.807, 2.05) is 0 Å². The van der Waals surface area contributed by atoms with Gasteiger partial charge in [0.1, 0.15) is 0 Å². The fourth-order valence-electron chi connectivity index (χ4n) is 2.17. The highest BCUT2D eigenvalue weighted by atomic mass is 79.9. The largest absolute Gasteiger partial charge is 0.253 e. The molecule has 0 atom stereocenters. The molecule has 20 heavy (non-hydrogen) atoms. The average Bonchev–Trinajstić information content (AvgIpc) is 2.49. The van der Waals surface area contributed by atoms with Gasteiger partial charge in [-0.15, -0.1) is 0 Å². The molecular weight excluding hydrogens is 378 g/mol. The van der Waals surface area contributed by atoms with Crippen LogP contribution in [0.5, 0.6) is 0 Å². The van der Waals surface area contributed by atoms with Crippen LogP contribution in [0.2, 0.25) is 0 Å². The first-order valence-electron chi connectivity index (χ1n) is 7.09. The first-order chi connectivity index (χ1) is 9.71. The van der Waals surface area contributed by atoms with Crippen LogP contribution in [0.1, 0.15) is 40.0 Å². The lowest BCUT2D eigenvalue weighted by Crippen LogP contribution is -2.12. The minimum absolute atomic E-state index is 0.853. The molecule has 1 heterocycles. The molecule has 3 heteroatoms. The second kappa shape index (κ2) is 9.51. The molecule has 1 rings (SSSR count). The van der Waals surface area contributed by atoms with Gasteiger partial charge < -0.3 is 0 Å². The highest BCUT2D eigenvalue weighted by molar-refractivity contribution is 9.09. The number of halogens is 2. The molecule has 0 aromatic heterocycles. The molecular formula is C17H23Br2N. The Hall–Kier alpha value is -0.410. The summed E-state index contributed by atoms with van der Waals surface area (Å²) in [7, 11) is 0. The Bertz CT molecular complexity index is 471. The highest BCUT2D eigenvalue weighted by Crippen LogP contribution is 2.27. The van der Waals surface area contributed by atoms with E-state index in [1.54, 1.807) is 0 Å². The maximum atomic E-state index is 4.97. The third kappa shape index (κ3) is 4.56. The first-order valence-corrected chi connectivity index (χ1v) is 9.33. The number of hydrogen-bond acceptors (Lipinski definition) is 1. The van der Waals surface area contributed by atoms with E-state index in [0.29, 0.717) is 0 Å². The molecule has 0 unspecified atom stereocenters. The van der Waals surface area contributed by atoms with Gasteiger partial charge in [-0.25, -0.2) is 0 Å². The van der Waals surface area contributed by atoms with Crippen molar-refractivity contribution in [3.63, 3.8) is 0 Å². The lowest BCUT2D eigenvalue weighted by Gasteiger charge is -2.19. The number of alkyl halides is 2. The van der Waals surface area contributed by atoms with E-state index in [9.17, 15) is 0 Å². The van der Waals surface area contributed by atoms with Crippen molar-refractivity contribution in [1.82, 2.24) is 0 Å². The molecule has 0 aliphatic carbocycles. The van der Waals surface area contributed by atoms with Crippen LogP contribution in [0, 0.1) is 0 Å². The fraction of sp³-hybridized carbons (Fsp3) is 0.471. The second-order valence-electron chi connectivity index (χ2n) is 4.65. The summed E-state index contributed by atoms with van der Waals surface area (Å²) in [6.45, 7) is 6.34. The maximum absolute atomic E-state index is 4.97. The predicted molar refractivity (Wildman–Crippen MR) is 98.2 cm³/mol. The standard InChI is InChI=1S/C17H23Br2N/c1-4-7-8-15(12-19)16-10-9-13(5-2)17(20-16)14(6-3)11-18/h4,6-7,9H,5,8,10-12H2,1-3H3/b7-4-,14-6-,16-15-. The SMILES string of the molecule is C/C=C\C/C(CBr)=C1\CC=C(CC)C(C(=C\C)/CBr)=N1. The molecule has 0 fully saturated rings. The quantitative estimate of drug-likeness (QED) is 0.376. The summed E-state index contributed by atoms with van der Waals surface area (Å²) in [6.07, 6.45) is 11.7. The van der Waals surface area contributed by atoms with Gasteiger partial charge in [0.05, 0.1) is 5.71 Å². The normalized spacial score (nSPS) is 19.1. The molecule has 1 nitrogen and oxygen atoms in total. The van der Waals surface area contributed by atoms with Crippen LogP contribution < -0.4 is 0 Å². The molecule has 0 amide bonds. The molecule has 0 aromatic carbocycles. The van der Waals surface area contributed by atoms with Crippen molar-refractivity contribution in [1.29, 1.82) is 0 Å². The molecule has 1 aliphatic rings. The van der Waals surface area contributed by atoms with Crippen LogP contribution >= 0.6 is 31.9 Å². The van der Waals surface area contributed by atoms with E-state index in [2.05, 4.69) is 76.9 Å².